The summed E-state index contributed by atoms with van der Waals surface area (Å²) >= 11 is 1.60. The third-order valence-electron chi connectivity index (χ3n) is 4.69. The van der Waals surface area contributed by atoms with Crippen LogP contribution in [0.1, 0.15) is 41.7 Å². The molecule has 28 heavy (non-hydrogen) atoms. The van der Waals surface area contributed by atoms with Crippen LogP contribution in [0.2, 0.25) is 0 Å². The molecule has 1 aromatic heterocycles. The summed E-state index contributed by atoms with van der Waals surface area (Å²) in [5.74, 6) is -0.210. The Labute approximate surface area is 168 Å². The number of hydrazine groups is 1. The molecule has 3 aromatic rings. The summed E-state index contributed by atoms with van der Waals surface area (Å²) in [7, 11) is 0. The first-order valence-corrected chi connectivity index (χ1v) is 10.2. The van der Waals surface area contributed by atoms with E-state index in [1.165, 1.54) is 0 Å². The van der Waals surface area contributed by atoms with Gasteiger partial charge in [0.25, 0.3) is 5.91 Å². The second-order valence-electron chi connectivity index (χ2n) is 7.01. The molecule has 1 aliphatic carbocycles. The zero-order valence-electron chi connectivity index (χ0n) is 15.6. The maximum Gasteiger partial charge on any atom is 0.267 e. The summed E-state index contributed by atoms with van der Waals surface area (Å²) in [6, 6.07) is 13.9. The third-order valence-corrected chi connectivity index (χ3v) is 5.52. The molecular weight excluding hydrogens is 370 g/mol. The van der Waals surface area contributed by atoms with Crippen LogP contribution >= 0.6 is 11.3 Å². The van der Waals surface area contributed by atoms with Gasteiger partial charge >= 0.3 is 0 Å². The fourth-order valence-electron chi connectivity index (χ4n) is 2.95. The van der Waals surface area contributed by atoms with E-state index in [1.807, 2.05) is 42.6 Å². The molecule has 7 heteroatoms. The lowest BCUT2D eigenvalue weighted by Crippen LogP contribution is -2.39. The van der Waals surface area contributed by atoms with Gasteiger partial charge in [0.05, 0.1) is 5.56 Å². The van der Waals surface area contributed by atoms with Crippen molar-refractivity contribution in [1.82, 2.24) is 15.8 Å². The molecule has 0 radical (unpaired) electrons. The molecule has 0 spiro atoms. The number of aromatic nitrogens is 1. The number of carbonyl (C=O) groups excluding carboxylic acids is 1. The van der Waals surface area contributed by atoms with E-state index in [0.717, 1.165) is 34.7 Å². The zero-order chi connectivity index (χ0) is 19.5. The van der Waals surface area contributed by atoms with Crippen molar-refractivity contribution in [2.75, 3.05) is 11.1 Å². The molecule has 1 fully saturated rings. The minimum absolute atomic E-state index is 0.0650. The van der Waals surface area contributed by atoms with E-state index in [9.17, 15) is 4.79 Å². The normalized spacial score (nSPS) is 14.5. The van der Waals surface area contributed by atoms with Crippen molar-refractivity contribution >= 4 is 28.6 Å². The standard InChI is InChI=1S/C21H23N5OS/c1-13(14-3-2-4-15(11-14)21-23-9-10-28-21)25-26-20(27)18-12-16(22)5-8-19(18)24-17-6-7-17/h2-5,8-13,17,24-25H,6-7,22H2,1H3,(H,26,27). The molecule has 1 heterocycles. The number of thiazole rings is 1. The highest BCUT2D eigenvalue weighted by molar-refractivity contribution is 7.13. The first-order valence-electron chi connectivity index (χ1n) is 9.32. The number of nitrogen functional groups attached to an aromatic ring is 1. The number of nitrogens with two attached hydrogens (primary N) is 1. The Kier molecular flexibility index (Phi) is 5.27. The number of nitrogens with zero attached hydrogens (tertiary/aromatic N) is 1. The van der Waals surface area contributed by atoms with Crippen LogP contribution in [-0.2, 0) is 0 Å². The quantitative estimate of drug-likeness (QED) is 0.360. The molecule has 0 bridgehead atoms. The first-order chi connectivity index (χ1) is 13.6. The second-order valence-corrected chi connectivity index (χ2v) is 7.90. The Balaban J connectivity index is 1.44. The molecule has 1 saturated carbocycles. The van der Waals surface area contributed by atoms with Crippen LogP contribution < -0.4 is 21.9 Å². The van der Waals surface area contributed by atoms with Crippen LogP contribution in [0.25, 0.3) is 10.6 Å². The van der Waals surface area contributed by atoms with Gasteiger partial charge in [0.2, 0.25) is 0 Å². The van der Waals surface area contributed by atoms with E-state index in [2.05, 4.69) is 27.2 Å². The lowest BCUT2D eigenvalue weighted by atomic mass is 10.1. The maximum absolute atomic E-state index is 12.7. The average Bonchev–Trinajstić information content (AvgIpc) is 3.35. The highest BCUT2D eigenvalue weighted by atomic mass is 32.1. The fraction of sp³-hybridized carbons (Fsp3) is 0.238. The number of hydrogen-bond donors (Lipinski definition) is 4. The minimum atomic E-state index is -0.210. The van der Waals surface area contributed by atoms with Crippen LogP contribution in [-0.4, -0.2) is 16.9 Å². The van der Waals surface area contributed by atoms with Gasteiger partial charge in [0.1, 0.15) is 5.01 Å². The number of benzene rings is 2. The summed E-state index contributed by atoms with van der Waals surface area (Å²) in [6.45, 7) is 2.00. The van der Waals surface area contributed by atoms with Gasteiger partial charge < -0.3 is 11.1 Å². The van der Waals surface area contributed by atoms with Crippen LogP contribution in [0.15, 0.2) is 54.0 Å². The molecular formula is C21H23N5OS. The predicted molar refractivity (Wildman–Crippen MR) is 114 cm³/mol. The number of nitrogens with one attached hydrogen (secondary N) is 3. The highest BCUT2D eigenvalue weighted by Gasteiger charge is 2.23. The number of hydrogen-bond acceptors (Lipinski definition) is 6. The highest BCUT2D eigenvalue weighted by Crippen LogP contribution is 2.28. The molecule has 1 unspecified atom stereocenters. The van der Waals surface area contributed by atoms with Crippen molar-refractivity contribution in [3.8, 4) is 10.6 Å². The Hall–Kier alpha value is -2.90. The van der Waals surface area contributed by atoms with E-state index in [4.69, 9.17) is 5.73 Å². The van der Waals surface area contributed by atoms with Crippen molar-refractivity contribution < 1.29 is 4.79 Å². The van der Waals surface area contributed by atoms with Gasteiger partial charge in [-0.15, -0.1) is 11.3 Å². The van der Waals surface area contributed by atoms with Crippen LogP contribution in [0.3, 0.4) is 0 Å². The predicted octanol–water partition coefficient (Wildman–Crippen LogP) is 3.96. The maximum atomic E-state index is 12.7. The number of amides is 1. The molecule has 1 aliphatic rings. The summed E-state index contributed by atoms with van der Waals surface area (Å²) < 4.78 is 0. The smallest absolute Gasteiger partial charge is 0.267 e. The average molecular weight is 394 g/mol. The van der Waals surface area contributed by atoms with Gasteiger partial charge in [0.15, 0.2) is 0 Å². The molecule has 1 atom stereocenters. The van der Waals surface area contributed by atoms with Crippen molar-refractivity contribution in [2.45, 2.75) is 31.8 Å². The third kappa shape index (κ3) is 4.32. The van der Waals surface area contributed by atoms with Gasteiger partial charge in [-0.2, -0.15) is 0 Å². The van der Waals surface area contributed by atoms with Gasteiger partial charge in [-0.05, 0) is 49.6 Å². The molecule has 1 amide bonds. The molecule has 2 aromatic carbocycles. The van der Waals surface area contributed by atoms with Crippen molar-refractivity contribution in [3.05, 3.63) is 65.2 Å². The summed E-state index contributed by atoms with van der Waals surface area (Å²) in [4.78, 5) is 17.1. The number of anilines is 2. The van der Waals surface area contributed by atoms with E-state index in [-0.39, 0.29) is 11.9 Å². The molecule has 0 aliphatic heterocycles. The zero-order valence-corrected chi connectivity index (χ0v) is 16.4. The lowest BCUT2D eigenvalue weighted by molar-refractivity contribution is 0.0927. The summed E-state index contributed by atoms with van der Waals surface area (Å²) in [5, 5.41) is 6.33. The monoisotopic (exact) mass is 393 g/mol. The summed E-state index contributed by atoms with van der Waals surface area (Å²) in [5.41, 5.74) is 15.9. The van der Waals surface area contributed by atoms with Crippen molar-refractivity contribution in [2.24, 2.45) is 0 Å². The van der Waals surface area contributed by atoms with Gasteiger partial charge in [-0.3, -0.25) is 10.2 Å². The molecule has 6 nitrogen and oxygen atoms in total. The largest absolute Gasteiger partial charge is 0.399 e. The second kappa shape index (κ2) is 8.00. The van der Waals surface area contributed by atoms with Crippen molar-refractivity contribution in [1.29, 1.82) is 0 Å². The van der Waals surface area contributed by atoms with E-state index in [1.54, 1.807) is 23.6 Å². The van der Waals surface area contributed by atoms with Crippen LogP contribution in [0.5, 0.6) is 0 Å². The van der Waals surface area contributed by atoms with E-state index in [0.29, 0.717) is 17.3 Å². The fourth-order valence-corrected chi connectivity index (χ4v) is 3.59. The number of carbonyl (C=O) groups is 1. The summed E-state index contributed by atoms with van der Waals surface area (Å²) in [6.07, 6.45) is 4.07. The van der Waals surface area contributed by atoms with Gasteiger partial charge in [-0.1, -0.05) is 18.2 Å². The Morgan fingerprint density at radius 1 is 1.25 bits per heavy atom. The Morgan fingerprint density at radius 2 is 2.11 bits per heavy atom. The van der Waals surface area contributed by atoms with E-state index < -0.39 is 0 Å². The molecule has 5 N–H and O–H groups in total. The minimum Gasteiger partial charge on any atom is -0.399 e. The van der Waals surface area contributed by atoms with Crippen LogP contribution in [0, 0.1) is 0 Å². The molecule has 4 rings (SSSR count). The number of rotatable bonds is 7. The van der Waals surface area contributed by atoms with Crippen molar-refractivity contribution in [3.63, 3.8) is 0 Å². The lowest BCUT2D eigenvalue weighted by Gasteiger charge is -2.17. The SMILES string of the molecule is CC(NNC(=O)c1cc(N)ccc1NC1CC1)c1cccc(-c2nccs2)c1. The van der Waals surface area contributed by atoms with Gasteiger partial charge in [0, 0.05) is 40.6 Å². The Bertz CT molecular complexity index is 969. The first kappa shape index (κ1) is 18.5. The molecule has 0 saturated heterocycles. The van der Waals surface area contributed by atoms with Crippen LogP contribution in [0.4, 0.5) is 11.4 Å². The van der Waals surface area contributed by atoms with Gasteiger partial charge in [-0.25, -0.2) is 10.4 Å². The molecule has 144 valence electrons. The topological polar surface area (TPSA) is 92.1 Å². The van der Waals surface area contributed by atoms with E-state index >= 15 is 0 Å². The Morgan fingerprint density at radius 3 is 2.86 bits per heavy atom.